The molecule has 0 saturated carbocycles. The predicted octanol–water partition coefficient (Wildman–Crippen LogP) is -0.500. The molecule has 8 nitrogen and oxygen atoms in total. The van der Waals surface area contributed by atoms with Crippen molar-refractivity contribution in [3.63, 3.8) is 0 Å². The van der Waals surface area contributed by atoms with Crippen LogP contribution in [0.15, 0.2) is 11.5 Å². The fourth-order valence-corrected chi connectivity index (χ4v) is 2.09. The van der Waals surface area contributed by atoms with E-state index in [2.05, 4.69) is 20.7 Å². The molecule has 1 aromatic heterocycles. The van der Waals surface area contributed by atoms with Crippen LogP contribution in [0.5, 0.6) is 0 Å². The number of terminal acetylenes is 1. The summed E-state index contributed by atoms with van der Waals surface area (Å²) >= 11 is 0. The third-order valence-corrected chi connectivity index (χ3v) is 3.50. The molecule has 0 aliphatic rings. The summed E-state index contributed by atoms with van der Waals surface area (Å²) in [7, 11) is -3.88. The van der Waals surface area contributed by atoms with Crippen LogP contribution in [0, 0.1) is 12.3 Å². The van der Waals surface area contributed by atoms with Crippen LogP contribution in [0.3, 0.4) is 0 Å². The lowest BCUT2D eigenvalue weighted by atomic mass is 10.5. The van der Waals surface area contributed by atoms with E-state index in [0.29, 0.717) is 13.1 Å². The highest BCUT2D eigenvalue weighted by Crippen LogP contribution is 2.01. The van der Waals surface area contributed by atoms with Gasteiger partial charge in [0.15, 0.2) is 0 Å². The summed E-state index contributed by atoms with van der Waals surface area (Å²) in [5, 5.41) is 3.16. The fraction of sp³-hybridized carbons (Fsp3) is 0.500. The third-order valence-electron chi connectivity index (χ3n) is 2.31. The average Bonchev–Trinajstić information content (AvgIpc) is 2.88. The number of nitrogens with one attached hydrogen (secondary N) is 1. The van der Waals surface area contributed by atoms with Gasteiger partial charge in [0, 0.05) is 13.1 Å². The molecule has 9 heteroatoms. The molecular formula is C10H15N5O3S. The predicted molar refractivity (Wildman–Crippen MR) is 67.8 cm³/mol. The molecule has 0 unspecified atom stereocenters. The topological polar surface area (TPSA) is 97.2 Å². The van der Waals surface area contributed by atoms with Crippen LogP contribution in [0.25, 0.3) is 0 Å². The molecule has 19 heavy (non-hydrogen) atoms. The molecule has 1 aromatic rings. The number of amides is 1. The van der Waals surface area contributed by atoms with Crippen LogP contribution in [-0.4, -0.2) is 53.7 Å². The molecule has 0 aromatic carbocycles. The van der Waals surface area contributed by atoms with E-state index in [0.717, 1.165) is 11.0 Å². The summed E-state index contributed by atoms with van der Waals surface area (Å²) in [6, 6.07) is -0.434. The molecule has 1 rings (SSSR count). The normalized spacial score (nSPS) is 11.0. The van der Waals surface area contributed by atoms with E-state index in [4.69, 9.17) is 6.42 Å². The monoisotopic (exact) mass is 285 g/mol. The molecule has 1 heterocycles. The maximum atomic E-state index is 11.9. The standard InChI is InChI=1S/C10H15N5O3S/c1-4-7-12-19(17,18)9-11-8-15(13-9)10(16)14(5-2)6-3/h1,8,12H,5-7H2,2-3H3. The largest absolute Gasteiger partial charge is 0.346 e. The molecule has 104 valence electrons. The van der Waals surface area contributed by atoms with E-state index in [9.17, 15) is 13.2 Å². The Morgan fingerprint density at radius 3 is 2.68 bits per heavy atom. The van der Waals surface area contributed by atoms with Gasteiger partial charge in [-0.25, -0.2) is 18.2 Å². The smallest absolute Gasteiger partial charge is 0.323 e. The average molecular weight is 285 g/mol. The number of hydrogen-bond donors (Lipinski definition) is 1. The van der Waals surface area contributed by atoms with Crippen molar-refractivity contribution in [2.75, 3.05) is 19.6 Å². The molecule has 0 spiro atoms. The molecular weight excluding hydrogens is 270 g/mol. The van der Waals surface area contributed by atoms with E-state index in [1.54, 1.807) is 0 Å². The molecule has 0 radical (unpaired) electrons. The Morgan fingerprint density at radius 2 is 2.16 bits per heavy atom. The van der Waals surface area contributed by atoms with Gasteiger partial charge in [-0.3, -0.25) is 0 Å². The summed E-state index contributed by atoms with van der Waals surface area (Å²) in [6.07, 6.45) is 6.02. The summed E-state index contributed by atoms with van der Waals surface area (Å²) in [4.78, 5) is 17.0. The summed E-state index contributed by atoms with van der Waals surface area (Å²) in [5.41, 5.74) is 0. The van der Waals surface area contributed by atoms with Crippen molar-refractivity contribution >= 4 is 16.1 Å². The Balaban J connectivity index is 2.95. The second-order valence-corrected chi connectivity index (χ2v) is 5.12. The van der Waals surface area contributed by atoms with Crippen molar-refractivity contribution in [3.05, 3.63) is 6.33 Å². The van der Waals surface area contributed by atoms with Crippen LogP contribution >= 0.6 is 0 Å². The number of carbonyl (C=O) groups is 1. The van der Waals surface area contributed by atoms with Crippen LogP contribution < -0.4 is 4.72 Å². The Morgan fingerprint density at radius 1 is 1.53 bits per heavy atom. The fourth-order valence-electron chi connectivity index (χ4n) is 1.30. The molecule has 0 bridgehead atoms. The minimum absolute atomic E-state index is 0.166. The third kappa shape index (κ3) is 3.52. The SMILES string of the molecule is C#CCNS(=O)(=O)c1ncn(C(=O)N(CC)CC)n1. The molecule has 1 N–H and O–H groups in total. The molecule has 1 amide bonds. The summed E-state index contributed by atoms with van der Waals surface area (Å²) in [6.45, 7) is 4.44. The van der Waals surface area contributed by atoms with Gasteiger partial charge in [0.1, 0.15) is 6.33 Å². The van der Waals surface area contributed by atoms with Gasteiger partial charge in [-0.15, -0.1) is 11.5 Å². The Hall–Kier alpha value is -1.92. The second-order valence-electron chi connectivity index (χ2n) is 3.46. The van der Waals surface area contributed by atoms with Crippen molar-refractivity contribution in [3.8, 4) is 12.3 Å². The quantitative estimate of drug-likeness (QED) is 0.736. The maximum Gasteiger partial charge on any atom is 0.346 e. The highest BCUT2D eigenvalue weighted by atomic mass is 32.2. The lowest BCUT2D eigenvalue weighted by Gasteiger charge is -2.17. The number of rotatable bonds is 5. The number of nitrogens with zero attached hydrogens (tertiary/aromatic N) is 4. The lowest BCUT2D eigenvalue weighted by molar-refractivity contribution is 0.201. The number of sulfonamides is 1. The first-order valence-corrected chi connectivity index (χ1v) is 7.08. The summed E-state index contributed by atoms with van der Waals surface area (Å²) < 4.78 is 26.3. The zero-order valence-corrected chi connectivity index (χ0v) is 11.5. The zero-order valence-electron chi connectivity index (χ0n) is 10.7. The molecule has 0 aliphatic heterocycles. The van der Waals surface area contributed by atoms with Crippen molar-refractivity contribution in [1.82, 2.24) is 24.4 Å². The minimum atomic E-state index is -3.88. The second kappa shape index (κ2) is 6.31. The molecule has 0 fully saturated rings. The van der Waals surface area contributed by atoms with E-state index in [-0.39, 0.29) is 6.54 Å². The van der Waals surface area contributed by atoms with Gasteiger partial charge in [-0.1, -0.05) is 5.92 Å². The number of carbonyl (C=O) groups excluding carboxylic acids is 1. The number of aromatic nitrogens is 3. The van der Waals surface area contributed by atoms with Gasteiger partial charge < -0.3 is 4.90 Å². The Labute approximate surface area is 111 Å². The minimum Gasteiger partial charge on any atom is -0.323 e. The van der Waals surface area contributed by atoms with Crippen molar-refractivity contribution in [2.45, 2.75) is 19.0 Å². The van der Waals surface area contributed by atoms with Gasteiger partial charge in [-0.05, 0) is 13.8 Å². The van der Waals surface area contributed by atoms with E-state index in [1.165, 1.54) is 4.90 Å². The first kappa shape index (κ1) is 15.1. The number of hydrogen-bond acceptors (Lipinski definition) is 5. The van der Waals surface area contributed by atoms with Gasteiger partial charge in [0.05, 0.1) is 6.54 Å². The summed E-state index contributed by atoms with van der Waals surface area (Å²) in [5.74, 6) is 2.13. The first-order chi connectivity index (χ1) is 8.96. The molecule has 0 aliphatic carbocycles. The van der Waals surface area contributed by atoms with Crippen molar-refractivity contribution < 1.29 is 13.2 Å². The van der Waals surface area contributed by atoms with E-state index >= 15 is 0 Å². The van der Waals surface area contributed by atoms with Crippen molar-refractivity contribution in [2.24, 2.45) is 0 Å². The first-order valence-electron chi connectivity index (χ1n) is 5.60. The van der Waals surface area contributed by atoms with Crippen LogP contribution in [0.2, 0.25) is 0 Å². The highest BCUT2D eigenvalue weighted by molar-refractivity contribution is 7.89. The Bertz CT molecular complexity index is 583. The van der Waals surface area contributed by atoms with Gasteiger partial charge >= 0.3 is 6.03 Å². The maximum absolute atomic E-state index is 11.9. The highest BCUT2D eigenvalue weighted by Gasteiger charge is 2.21. The lowest BCUT2D eigenvalue weighted by Crippen LogP contribution is -2.35. The van der Waals surface area contributed by atoms with Crippen LogP contribution in [0.1, 0.15) is 13.8 Å². The molecule has 0 saturated heterocycles. The van der Waals surface area contributed by atoms with E-state index in [1.807, 2.05) is 13.8 Å². The molecule has 0 atom stereocenters. The van der Waals surface area contributed by atoms with Gasteiger partial charge in [-0.2, -0.15) is 9.40 Å². The van der Waals surface area contributed by atoms with Crippen LogP contribution in [0.4, 0.5) is 4.79 Å². The van der Waals surface area contributed by atoms with Gasteiger partial charge in [0.25, 0.3) is 15.2 Å². The Kier molecular flexibility index (Phi) is 5.02. The zero-order chi connectivity index (χ0) is 14.5. The van der Waals surface area contributed by atoms with Crippen molar-refractivity contribution in [1.29, 1.82) is 0 Å². The van der Waals surface area contributed by atoms with Crippen LogP contribution in [-0.2, 0) is 10.0 Å². The van der Waals surface area contributed by atoms with Gasteiger partial charge in [0.2, 0.25) is 0 Å². The van der Waals surface area contributed by atoms with E-state index < -0.39 is 21.2 Å².